The summed E-state index contributed by atoms with van der Waals surface area (Å²) in [7, 11) is 0. The van der Waals surface area contributed by atoms with Crippen LogP contribution in [-0.4, -0.2) is 34.6 Å². The third kappa shape index (κ3) is 4.42. The number of rotatable bonds is 2. The molecule has 0 bridgehead atoms. The SMILES string of the molecule is CC.CCCC.Cc1cc2c3c(cccc3c1)C(=O)N(C1CCC(=O)NC1=O)C2=O. The van der Waals surface area contributed by atoms with E-state index in [4.69, 9.17) is 0 Å². The summed E-state index contributed by atoms with van der Waals surface area (Å²) >= 11 is 0. The van der Waals surface area contributed by atoms with Crippen molar-refractivity contribution in [3.05, 3.63) is 47.0 Å². The standard InChI is InChI=1S/C18H14N2O4.C4H10.C2H6/c1-9-7-10-3-2-4-11-15(10)12(8-9)18(24)20(17(11)23)13-5-6-14(21)19-16(13)22;1-3-4-2;1-2/h2-4,7-8,13H,5-6H2,1H3,(H,19,21,22);3-4H2,1-2H3;1-2H3. The highest BCUT2D eigenvalue weighted by Gasteiger charge is 2.42. The molecule has 1 unspecified atom stereocenters. The fourth-order valence-corrected chi connectivity index (χ4v) is 3.49. The van der Waals surface area contributed by atoms with Gasteiger partial charge in [0.1, 0.15) is 6.04 Å². The van der Waals surface area contributed by atoms with Crippen LogP contribution in [0.1, 0.15) is 79.7 Å². The van der Waals surface area contributed by atoms with Gasteiger partial charge in [0, 0.05) is 22.9 Å². The van der Waals surface area contributed by atoms with Crippen LogP contribution in [-0.2, 0) is 9.59 Å². The molecule has 0 spiro atoms. The van der Waals surface area contributed by atoms with Crippen LogP contribution in [0.25, 0.3) is 10.8 Å². The van der Waals surface area contributed by atoms with Gasteiger partial charge in [0.2, 0.25) is 11.8 Å². The molecule has 0 radical (unpaired) electrons. The van der Waals surface area contributed by atoms with E-state index in [0.29, 0.717) is 16.5 Å². The normalized spacial score (nSPS) is 17.6. The van der Waals surface area contributed by atoms with Crippen LogP contribution >= 0.6 is 0 Å². The summed E-state index contributed by atoms with van der Waals surface area (Å²) in [5, 5.41) is 3.66. The molecule has 2 aromatic carbocycles. The zero-order chi connectivity index (χ0) is 22.4. The number of hydrogen-bond acceptors (Lipinski definition) is 4. The summed E-state index contributed by atoms with van der Waals surface area (Å²) in [6, 6.07) is 7.99. The zero-order valence-corrected chi connectivity index (χ0v) is 18.4. The van der Waals surface area contributed by atoms with Crippen LogP contribution in [0, 0.1) is 6.92 Å². The van der Waals surface area contributed by atoms with Gasteiger partial charge in [0.05, 0.1) is 0 Å². The molecule has 0 saturated carbocycles. The minimum atomic E-state index is -0.952. The van der Waals surface area contributed by atoms with E-state index in [-0.39, 0.29) is 18.7 Å². The number of aryl methyl sites for hydroxylation is 1. The molecule has 2 aliphatic rings. The van der Waals surface area contributed by atoms with Crippen molar-refractivity contribution in [1.29, 1.82) is 0 Å². The van der Waals surface area contributed by atoms with Crippen molar-refractivity contribution in [1.82, 2.24) is 10.2 Å². The highest BCUT2D eigenvalue weighted by atomic mass is 16.2. The lowest BCUT2D eigenvalue weighted by atomic mass is 9.90. The molecule has 160 valence electrons. The van der Waals surface area contributed by atoms with Crippen molar-refractivity contribution in [2.45, 2.75) is 66.3 Å². The van der Waals surface area contributed by atoms with Crippen LogP contribution in [0.2, 0.25) is 0 Å². The van der Waals surface area contributed by atoms with Gasteiger partial charge in [-0.25, -0.2) is 0 Å². The van der Waals surface area contributed by atoms with Gasteiger partial charge in [-0.05, 0) is 36.4 Å². The van der Waals surface area contributed by atoms with E-state index in [0.717, 1.165) is 15.8 Å². The van der Waals surface area contributed by atoms with Crippen molar-refractivity contribution in [2.24, 2.45) is 0 Å². The van der Waals surface area contributed by atoms with E-state index >= 15 is 0 Å². The lowest BCUT2D eigenvalue weighted by Gasteiger charge is -2.34. The van der Waals surface area contributed by atoms with Crippen molar-refractivity contribution < 1.29 is 19.2 Å². The van der Waals surface area contributed by atoms with Gasteiger partial charge in [0.15, 0.2) is 0 Å². The van der Waals surface area contributed by atoms with Crippen LogP contribution in [0.4, 0.5) is 0 Å². The number of hydrogen-bond donors (Lipinski definition) is 1. The summed E-state index contributed by atoms with van der Waals surface area (Å²) in [6.45, 7) is 10.2. The number of carbonyl (C=O) groups is 4. The van der Waals surface area contributed by atoms with Crippen LogP contribution in [0.5, 0.6) is 0 Å². The Morgan fingerprint density at radius 2 is 1.60 bits per heavy atom. The molecule has 4 amide bonds. The minimum Gasteiger partial charge on any atom is -0.295 e. The van der Waals surface area contributed by atoms with Crippen LogP contribution in [0.15, 0.2) is 30.3 Å². The Bertz CT molecular complexity index is 979. The maximum Gasteiger partial charge on any atom is 0.262 e. The number of nitrogens with zero attached hydrogens (tertiary/aromatic N) is 1. The molecular weight excluding hydrogens is 380 g/mol. The third-order valence-electron chi connectivity index (χ3n) is 5.04. The van der Waals surface area contributed by atoms with Crippen molar-refractivity contribution >= 4 is 34.4 Å². The summed E-state index contributed by atoms with van der Waals surface area (Å²) in [6.07, 6.45) is 2.90. The van der Waals surface area contributed by atoms with Crippen LogP contribution < -0.4 is 5.32 Å². The lowest BCUT2D eigenvalue weighted by Crippen LogP contribution is -2.57. The summed E-state index contributed by atoms with van der Waals surface area (Å²) in [5.74, 6) is -1.96. The van der Waals surface area contributed by atoms with Gasteiger partial charge in [-0.2, -0.15) is 0 Å². The van der Waals surface area contributed by atoms with E-state index < -0.39 is 23.8 Å². The molecule has 4 rings (SSSR count). The first kappa shape index (κ1) is 23.3. The fourth-order valence-electron chi connectivity index (χ4n) is 3.49. The molecule has 1 saturated heterocycles. The molecular formula is C24H30N2O4. The molecule has 1 N–H and O–H groups in total. The van der Waals surface area contributed by atoms with Gasteiger partial charge >= 0.3 is 0 Å². The number of piperidine rings is 1. The molecule has 0 aliphatic carbocycles. The Hall–Kier alpha value is -3.02. The number of unbranched alkanes of at least 4 members (excludes halogenated alkanes) is 1. The molecule has 2 heterocycles. The Balaban J connectivity index is 0.000000481. The topological polar surface area (TPSA) is 83.6 Å². The molecule has 1 atom stereocenters. The number of amides is 4. The number of imide groups is 2. The first-order valence-corrected chi connectivity index (χ1v) is 10.6. The molecule has 2 aromatic rings. The maximum absolute atomic E-state index is 12.9. The third-order valence-corrected chi connectivity index (χ3v) is 5.04. The second kappa shape index (κ2) is 10.1. The van der Waals surface area contributed by atoms with Gasteiger partial charge in [0.25, 0.3) is 11.8 Å². The first-order chi connectivity index (χ1) is 14.4. The Kier molecular flexibility index (Phi) is 7.86. The maximum atomic E-state index is 12.9. The van der Waals surface area contributed by atoms with Gasteiger partial charge < -0.3 is 0 Å². The largest absolute Gasteiger partial charge is 0.295 e. The predicted molar refractivity (Wildman–Crippen MR) is 117 cm³/mol. The summed E-state index contributed by atoms with van der Waals surface area (Å²) in [4.78, 5) is 50.3. The Labute approximate surface area is 177 Å². The van der Waals surface area contributed by atoms with E-state index in [2.05, 4.69) is 19.2 Å². The second-order valence-corrected chi connectivity index (χ2v) is 7.16. The Morgan fingerprint density at radius 3 is 2.20 bits per heavy atom. The summed E-state index contributed by atoms with van der Waals surface area (Å²) < 4.78 is 0. The minimum absolute atomic E-state index is 0.109. The van der Waals surface area contributed by atoms with E-state index in [9.17, 15) is 19.2 Å². The Morgan fingerprint density at radius 1 is 0.967 bits per heavy atom. The average molecular weight is 411 g/mol. The highest BCUT2D eigenvalue weighted by molar-refractivity contribution is 6.26. The molecule has 0 aromatic heterocycles. The quantitative estimate of drug-likeness (QED) is 0.745. The zero-order valence-electron chi connectivity index (χ0n) is 18.4. The molecule has 6 heteroatoms. The average Bonchev–Trinajstić information content (AvgIpc) is 2.74. The highest BCUT2D eigenvalue weighted by Crippen LogP contribution is 2.33. The lowest BCUT2D eigenvalue weighted by molar-refractivity contribution is -0.136. The molecule has 30 heavy (non-hydrogen) atoms. The first-order valence-electron chi connectivity index (χ1n) is 10.6. The predicted octanol–water partition coefficient (Wildman–Crippen LogP) is 4.38. The van der Waals surface area contributed by atoms with E-state index in [1.807, 2.05) is 32.9 Å². The van der Waals surface area contributed by atoms with Gasteiger partial charge in [-0.15, -0.1) is 0 Å². The van der Waals surface area contributed by atoms with E-state index in [1.165, 1.54) is 12.8 Å². The molecule has 6 nitrogen and oxygen atoms in total. The van der Waals surface area contributed by atoms with Crippen molar-refractivity contribution in [3.63, 3.8) is 0 Å². The van der Waals surface area contributed by atoms with Crippen molar-refractivity contribution in [3.8, 4) is 0 Å². The smallest absolute Gasteiger partial charge is 0.262 e. The van der Waals surface area contributed by atoms with Crippen LogP contribution in [0.3, 0.4) is 0 Å². The van der Waals surface area contributed by atoms with Crippen molar-refractivity contribution in [2.75, 3.05) is 0 Å². The number of nitrogens with one attached hydrogen (secondary N) is 1. The number of carbonyl (C=O) groups excluding carboxylic acids is 4. The van der Waals surface area contributed by atoms with E-state index in [1.54, 1.807) is 18.2 Å². The second-order valence-electron chi connectivity index (χ2n) is 7.16. The molecule has 2 aliphatic heterocycles. The fraction of sp³-hybridized carbons (Fsp3) is 0.417. The molecule has 1 fully saturated rings. The summed E-state index contributed by atoms with van der Waals surface area (Å²) in [5.41, 5.74) is 1.73. The van der Waals surface area contributed by atoms with Gasteiger partial charge in [-0.3, -0.25) is 29.4 Å². The van der Waals surface area contributed by atoms with Gasteiger partial charge in [-0.1, -0.05) is 58.7 Å². The monoisotopic (exact) mass is 410 g/mol. The number of benzene rings is 2.